The van der Waals surface area contributed by atoms with Crippen molar-refractivity contribution in [3.8, 4) is 0 Å². The molecule has 2 rings (SSSR count). The number of pyridine rings is 1. The van der Waals surface area contributed by atoms with Gasteiger partial charge in [0.2, 0.25) is 0 Å². The minimum atomic E-state index is 0. The molecule has 0 aromatic carbocycles. The van der Waals surface area contributed by atoms with E-state index in [2.05, 4.69) is 52.3 Å². The first-order valence-corrected chi connectivity index (χ1v) is 8.41. The predicted molar refractivity (Wildman–Crippen MR) is 110 cm³/mol. The maximum absolute atomic E-state index is 5.60. The number of anilines is 1. The third-order valence-electron chi connectivity index (χ3n) is 4.05. The normalized spacial score (nSPS) is 19.4. The van der Waals surface area contributed by atoms with Gasteiger partial charge in [0, 0.05) is 38.9 Å². The highest BCUT2D eigenvalue weighted by molar-refractivity contribution is 14.0. The van der Waals surface area contributed by atoms with E-state index in [0.29, 0.717) is 6.04 Å². The van der Waals surface area contributed by atoms with Gasteiger partial charge in [-0.3, -0.25) is 4.99 Å². The minimum Gasteiger partial charge on any atom is -0.375 e. The number of nitrogens with zero attached hydrogens (tertiary/aromatic N) is 3. The fourth-order valence-electron chi connectivity index (χ4n) is 2.49. The lowest BCUT2D eigenvalue weighted by molar-refractivity contribution is 0.0529. The second-order valence-electron chi connectivity index (χ2n) is 6.03. The number of aliphatic imine (C=N–C) groups is 1. The van der Waals surface area contributed by atoms with Crippen LogP contribution in [0.1, 0.15) is 32.8 Å². The highest BCUT2D eigenvalue weighted by Crippen LogP contribution is 2.16. The van der Waals surface area contributed by atoms with Crippen molar-refractivity contribution >= 4 is 35.8 Å². The van der Waals surface area contributed by atoms with Crippen LogP contribution < -0.4 is 15.5 Å². The molecule has 2 heterocycles. The second kappa shape index (κ2) is 10.7. The van der Waals surface area contributed by atoms with Gasteiger partial charge in [-0.1, -0.05) is 6.92 Å². The molecule has 2 atom stereocenters. The first kappa shape index (κ1) is 21.0. The summed E-state index contributed by atoms with van der Waals surface area (Å²) in [4.78, 5) is 11.0. The molecule has 7 heteroatoms. The molecule has 24 heavy (non-hydrogen) atoms. The molecule has 1 aliphatic rings. The van der Waals surface area contributed by atoms with Crippen molar-refractivity contribution in [2.45, 2.75) is 45.9 Å². The van der Waals surface area contributed by atoms with E-state index in [1.807, 2.05) is 12.3 Å². The maximum Gasteiger partial charge on any atom is 0.191 e. The number of guanidine groups is 1. The molecular weight excluding hydrogens is 417 g/mol. The average Bonchev–Trinajstić information content (AvgIpc) is 2.58. The number of hydrogen-bond acceptors (Lipinski definition) is 4. The van der Waals surface area contributed by atoms with Crippen molar-refractivity contribution in [1.29, 1.82) is 0 Å². The van der Waals surface area contributed by atoms with Crippen LogP contribution in [-0.4, -0.2) is 49.8 Å². The Morgan fingerprint density at radius 3 is 3.00 bits per heavy atom. The zero-order valence-corrected chi connectivity index (χ0v) is 17.4. The summed E-state index contributed by atoms with van der Waals surface area (Å²) in [6, 6.07) is 4.59. The molecule has 0 amide bonds. The fraction of sp³-hybridized carbons (Fsp3) is 0.647. The molecule has 2 unspecified atom stereocenters. The molecule has 1 saturated heterocycles. The summed E-state index contributed by atoms with van der Waals surface area (Å²) < 4.78 is 5.60. The number of morpholine rings is 1. The summed E-state index contributed by atoms with van der Waals surface area (Å²) in [7, 11) is 1.80. The van der Waals surface area contributed by atoms with Crippen LogP contribution in [0.3, 0.4) is 0 Å². The summed E-state index contributed by atoms with van der Waals surface area (Å²) >= 11 is 0. The molecule has 0 radical (unpaired) electrons. The number of halogens is 1. The number of rotatable bonds is 5. The molecule has 6 nitrogen and oxygen atoms in total. The fourth-order valence-corrected chi connectivity index (χ4v) is 2.49. The van der Waals surface area contributed by atoms with E-state index in [1.54, 1.807) is 7.05 Å². The Morgan fingerprint density at radius 2 is 2.33 bits per heavy atom. The monoisotopic (exact) mass is 447 g/mol. The van der Waals surface area contributed by atoms with E-state index in [-0.39, 0.29) is 30.1 Å². The third kappa shape index (κ3) is 6.43. The maximum atomic E-state index is 5.60. The molecule has 0 bridgehead atoms. The van der Waals surface area contributed by atoms with E-state index >= 15 is 0 Å². The molecule has 0 spiro atoms. The van der Waals surface area contributed by atoms with Crippen LogP contribution in [0.2, 0.25) is 0 Å². The summed E-state index contributed by atoms with van der Waals surface area (Å²) in [5.74, 6) is 1.85. The lowest BCUT2D eigenvalue weighted by Gasteiger charge is -2.32. The number of ether oxygens (including phenoxy) is 1. The smallest absolute Gasteiger partial charge is 0.191 e. The van der Waals surface area contributed by atoms with Crippen LogP contribution in [0.15, 0.2) is 23.3 Å². The van der Waals surface area contributed by atoms with Crippen molar-refractivity contribution < 1.29 is 4.74 Å². The molecule has 1 aromatic heterocycles. The first-order valence-electron chi connectivity index (χ1n) is 8.41. The quantitative estimate of drug-likeness (QED) is 0.413. The Hall–Kier alpha value is -1.09. The molecular formula is C17H30IN5O. The zero-order valence-electron chi connectivity index (χ0n) is 15.1. The number of hydrogen-bond donors (Lipinski definition) is 2. The zero-order chi connectivity index (χ0) is 16.7. The third-order valence-corrected chi connectivity index (χ3v) is 4.05. The second-order valence-corrected chi connectivity index (χ2v) is 6.03. The summed E-state index contributed by atoms with van der Waals surface area (Å²) in [6.07, 6.45) is 3.19. The van der Waals surface area contributed by atoms with Crippen LogP contribution >= 0.6 is 24.0 Å². The first-order chi connectivity index (χ1) is 11.1. The van der Waals surface area contributed by atoms with Gasteiger partial charge < -0.3 is 20.3 Å². The average molecular weight is 447 g/mol. The van der Waals surface area contributed by atoms with Gasteiger partial charge in [-0.15, -0.1) is 24.0 Å². The Kier molecular flexibility index (Phi) is 9.35. The van der Waals surface area contributed by atoms with Crippen molar-refractivity contribution in [2.24, 2.45) is 4.99 Å². The standard InChI is InChI=1S/C17H29N5O.HI/c1-5-13(2)21-17(18-4)20-11-15-6-7-19-16(10-15)22-8-9-23-14(3)12-22;/h6-7,10,13-14H,5,8-9,11-12H2,1-4H3,(H2,18,20,21);1H. The van der Waals surface area contributed by atoms with E-state index in [4.69, 9.17) is 4.74 Å². The van der Waals surface area contributed by atoms with Crippen molar-refractivity contribution in [3.05, 3.63) is 23.9 Å². The molecule has 136 valence electrons. The Labute approximate surface area is 162 Å². The van der Waals surface area contributed by atoms with Crippen LogP contribution in [0, 0.1) is 0 Å². The molecule has 0 aliphatic carbocycles. The minimum absolute atomic E-state index is 0. The summed E-state index contributed by atoms with van der Waals surface area (Å²) in [5, 5.41) is 6.72. The van der Waals surface area contributed by atoms with Gasteiger partial charge in [0.15, 0.2) is 5.96 Å². The van der Waals surface area contributed by atoms with Crippen LogP contribution in [0.25, 0.3) is 0 Å². The van der Waals surface area contributed by atoms with E-state index in [9.17, 15) is 0 Å². The number of aromatic nitrogens is 1. The van der Waals surface area contributed by atoms with Gasteiger partial charge in [-0.2, -0.15) is 0 Å². The Balaban J connectivity index is 0.00000288. The Bertz CT molecular complexity index is 525. The Morgan fingerprint density at radius 1 is 1.54 bits per heavy atom. The van der Waals surface area contributed by atoms with Gasteiger partial charge >= 0.3 is 0 Å². The van der Waals surface area contributed by atoms with Crippen LogP contribution in [0.4, 0.5) is 5.82 Å². The van der Waals surface area contributed by atoms with Gasteiger partial charge in [0.25, 0.3) is 0 Å². The lowest BCUT2D eigenvalue weighted by Crippen LogP contribution is -2.42. The topological polar surface area (TPSA) is 61.8 Å². The lowest BCUT2D eigenvalue weighted by atomic mass is 10.2. The summed E-state index contributed by atoms with van der Waals surface area (Å²) in [5.41, 5.74) is 1.20. The highest BCUT2D eigenvalue weighted by Gasteiger charge is 2.18. The molecule has 1 aromatic rings. The van der Waals surface area contributed by atoms with Crippen molar-refractivity contribution in [2.75, 3.05) is 31.6 Å². The summed E-state index contributed by atoms with van der Waals surface area (Å²) in [6.45, 7) is 9.68. The largest absolute Gasteiger partial charge is 0.375 e. The van der Waals surface area contributed by atoms with Crippen molar-refractivity contribution in [1.82, 2.24) is 15.6 Å². The molecule has 1 fully saturated rings. The van der Waals surface area contributed by atoms with Crippen LogP contribution in [0.5, 0.6) is 0 Å². The molecule has 1 aliphatic heterocycles. The van der Waals surface area contributed by atoms with Gasteiger partial charge in [-0.05, 0) is 38.0 Å². The van der Waals surface area contributed by atoms with Gasteiger partial charge in [0.1, 0.15) is 5.82 Å². The highest BCUT2D eigenvalue weighted by atomic mass is 127. The molecule has 2 N–H and O–H groups in total. The SMILES string of the molecule is CCC(C)NC(=NC)NCc1ccnc(N2CCOC(C)C2)c1.I. The van der Waals surface area contributed by atoms with E-state index < -0.39 is 0 Å². The predicted octanol–water partition coefficient (Wildman–Crippen LogP) is 2.39. The number of nitrogens with one attached hydrogen (secondary N) is 2. The van der Waals surface area contributed by atoms with Gasteiger partial charge in [-0.25, -0.2) is 4.98 Å². The van der Waals surface area contributed by atoms with Crippen LogP contribution in [-0.2, 0) is 11.3 Å². The van der Waals surface area contributed by atoms with E-state index in [1.165, 1.54) is 5.56 Å². The van der Waals surface area contributed by atoms with Crippen molar-refractivity contribution in [3.63, 3.8) is 0 Å². The molecule has 0 saturated carbocycles. The van der Waals surface area contributed by atoms with Gasteiger partial charge in [0.05, 0.1) is 12.7 Å². The van der Waals surface area contributed by atoms with E-state index in [0.717, 1.165) is 44.4 Å².